The summed E-state index contributed by atoms with van der Waals surface area (Å²) in [7, 11) is 0. The van der Waals surface area contributed by atoms with E-state index in [0.29, 0.717) is 39.1 Å². The summed E-state index contributed by atoms with van der Waals surface area (Å²) in [5.74, 6) is -0.102. The minimum absolute atomic E-state index is 0.102. The summed E-state index contributed by atoms with van der Waals surface area (Å²) in [4.78, 5) is 28.0. The number of imide groups is 1. The van der Waals surface area contributed by atoms with Gasteiger partial charge in [0.25, 0.3) is 5.91 Å². The van der Waals surface area contributed by atoms with Crippen LogP contribution in [-0.4, -0.2) is 73.2 Å². The number of hydrogen-bond donors (Lipinski definition) is 2. The van der Waals surface area contributed by atoms with Crippen molar-refractivity contribution in [3.63, 3.8) is 0 Å². The van der Waals surface area contributed by atoms with Crippen LogP contribution in [-0.2, 0) is 9.53 Å². The first-order chi connectivity index (χ1) is 9.63. The van der Waals surface area contributed by atoms with Crippen molar-refractivity contribution in [1.82, 2.24) is 15.1 Å². The van der Waals surface area contributed by atoms with Crippen LogP contribution in [0.15, 0.2) is 0 Å². The summed E-state index contributed by atoms with van der Waals surface area (Å²) in [5, 5.41) is 2.89. The van der Waals surface area contributed by atoms with Crippen molar-refractivity contribution in [3.05, 3.63) is 0 Å². The fraction of sp³-hybridized carbons (Fsp3) is 0.846. The van der Waals surface area contributed by atoms with Crippen molar-refractivity contribution in [2.45, 2.75) is 25.3 Å². The first-order valence-corrected chi connectivity index (χ1v) is 7.27. The molecule has 3 amide bonds. The maximum Gasteiger partial charge on any atom is 0.325 e. The predicted molar refractivity (Wildman–Crippen MR) is 74.2 cm³/mol. The minimum atomic E-state index is -0.684. The highest BCUT2D eigenvalue weighted by Crippen LogP contribution is 2.29. The fourth-order valence-corrected chi connectivity index (χ4v) is 2.81. The Bertz CT molecular complexity index is 367. The average Bonchev–Trinajstić information content (AvgIpc) is 2.68. The lowest BCUT2D eigenvalue weighted by atomic mass is 9.87. The molecule has 7 nitrogen and oxygen atoms in total. The largest absolute Gasteiger partial charge is 0.378 e. The molecular weight excluding hydrogens is 260 g/mol. The Morgan fingerprint density at radius 1 is 1.30 bits per heavy atom. The molecule has 0 radical (unpaired) electrons. The van der Waals surface area contributed by atoms with E-state index >= 15 is 0 Å². The zero-order valence-corrected chi connectivity index (χ0v) is 12.1. The number of rotatable bonds is 6. The van der Waals surface area contributed by atoms with Gasteiger partial charge < -0.3 is 20.7 Å². The van der Waals surface area contributed by atoms with E-state index in [-0.39, 0.29) is 11.9 Å². The van der Waals surface area contributed by atoms with Gasteiger partial charge in [0.15, 0.2) is 0 Å². The van der Waals surface area contributed by atoms with Crippen LogP contribution in [0.3, 0.4) is 0 Å². The number of piperidine rings is 1. The van der Waals surface area contributed by atoms with Crippen molar-refractivity contribution in [2.24, 2.45) is 5.73 Å². The Balaban J connectivity index is 1.91. The molecule has 0 bridgehead atoms. The van der Waals surface area contributed by atoms with Gasteiger partial charge in [-0.2, -0.15) is 0 Å². The molecule has 2 rings (SSSR count). The minimum Gasteiger partial charge on any atom is -0.378 e. The van der Waals surface area contributed by atoms with Gasteiger partial charge in [-0.05, 0) is 19.4 Å². The smallest absolute Gasteiger partial charge is 0.325 e. The van der Waals surface area contributed by atoms with Crippen LogP contribution in [0, 0.1) is 0 Å². The van der Waals surface area contributed by atoms with Gasteiger partial charge in [-0.25, -0.2) is 4.79 Å². The van der Waals surface area contributed by atoms with Gasteiger partial charge in [-0.3, -0.25) is 9.69 Å². The van der Waals surface area contributed by atoms with E-state index in [1.165, 1.54) is 4.90 Å². The predicted octanol–water partition coefficient (Wildman–Crippen LogP) is -0.632. The third-order valence-electron chi connectivity index (χ3n) is 4.12. The summed E-state index contributed by atoms with van der Waals surface area (Å²) in [6, 6.07) is -0.295. The normalized spacial score (nSPS) is 22.6. The third-order valence-corrected chi connectivity index (χ3v) is 4.12. The molecule has 2 saturated heterocycles. The topological polar surface area (TPSA) is 87.9 Å². The highest BCUT2D eigenvalue weighted by atomic mass is 16.5. The fourth-order valence-electron chi connectivity index (χ4n) is 2.81. The molecule has 0 saturated carbocycles. The summed E-state index contributed by atoms with van der Waals surface area (Å²) < 4.78 is 5.24. The van der Waals surface area contributed by atoms with Crippen LogP contribution in [0.5, 0.6) is 0 Å². The number of ether oxygens (including phenoxy) is 1. The van der Waals surface area contributed by atoms with E-state index in [4.69, 9.17) is 10.5 Å². The summed E-state index contributed by atoms with van der Waals surface area (Å²) in [6.07, 6.45) is 1.37. The second kappa shape index (κ2) is 6.51. The van der Waals surface area contributed by atoms with Crippen LogP contribution in [0.1, 0.15) is 19.8 Å². The molecule has 0 unspecified atom stereocenters. The highest BCUT2D eigenvalue weighted by molar-refractivity contribution is 6.07. The number of carbonyl (C=O) groups excluding carboxylic acids is 2. The van der Waals surface area contributed by atoms with E-state index in [9.17, 15) is 9.59 Å². The van der Waals surface area contributed by atoms with Gasteiger partial charge in [0.05, 0.1) is 19.8 Å². The van der Waals surface area contributed by atoms with Gasteiger partial charge >= 0.3 is 6.03 Å². The van der Waals surface area contributed by atoms with E-state index in [1.54, 1.807) is 0 Å². The molecule has 0 aromatic carbocycles. The van der Waals surface area contributed by atoms with Crippen LogP contribution < -0.4 is 11.1 Å². The summed E-state index contributed by atoms with van der Waals surface area (Å²) in [6.45, 7) is 6.30. The van der Waals surface area contributed by atoms with Crippen molar-refractivity contribution < 1.29 is 14.3 Å². The van der Waals surface area contributed by atoms with Gasteiger partial charge in [0.1, 0.15) is 5.54 Å². The van der Waals surface area contributed by atoms with E-state index in [2.05, 4.69) is 17.1 Å². The zero-order valence-electron chi connectivity index (χ0n) is 12.1. The lowest BCUT2D eigenvalue weighted by Crippen LogP contribution is -2.54. The molecule has 2 aliphatic heterocycles. The standard InChI is InChI=1S/C13H24N4O3/c1-2-16-6-3-13(4-7-16)11(18)17(12(19)15-13)8-10-20-9-5-14/h2-10,14H2,1H3,(H,15,19). The first-order valence-electron chi connectivity index (χ1n) is 7.27. The molecule has 2 fully saturated rings. The quantitative estimate of drug-likeness (QED) is 0.501. The number of nitrogens with one attached hydrogen (secondary N) is 1. The molecule has 0 atom stereocenters. The monoisotopic (exact) mass is 284 g/mol. The maximum absolute atomic E-state index is 12.5. The first kappa shape index (κ1) is 15.2. The van der Waals surface area contributed by atoms with Crippen LogP contribution in [0.25, 0.3) is 0 Å². The Hall–Kier alpha value is -1.18. The molecule has 2 heterocycles. The molecule has 2 aliphatic rings. The molecule has 3 N–H and O–H groups in total. The molecule has 1 spiro atoms. The number of hydrogen-bond acceptors (Lipinski definition) is 5. The highest BCUT2D eigenvalue weighted by Gasteiger charge is 2.51. The molecule has 0 aromatic heterocycles. The summed E-state index contributed by atoms with van der Waals surface area (Å²) >= 11 is 0. The van der Waals surface area contributed by atoms with E-state index in [0.717, 1.165) is 19.6 Å². The Morgan fingerprint density at radius 2 is 2.00 bits per heavy atom. The SMILES string of the molecule is CCN1CCC2(CC1)NC(=O)N(CCOCCN)C2=O. The molecule has 20 heavy (non-hydrogen) atoms. The Kier molecular flexibility index (Phi) is 4.95. The third kappa shape index (κ3) is 2.94. The van der Waals surface area contributed by atoms with Crippen LogP contribution in [0.2, 0.25) is 0 Å². The van der Waals surface area contributed by atoms with Crippen molar-refractivity contribution in [1.29, 1.82) is 0 Å². The molecular formula is C13H24N4O3. The number of nitrogens with two attached hydrogens (primary N) is 1. The van der Waals surface area contributed by atoms with Crippen LogP contribution in [0.4, 0.5) is 4.79 Å². The number of urea groups is 1. The second-order valence-corrected chi connectivity index (χ2v) is 5.30. The van der Waals surface area contributed by atoms with Gasteiger partial charge in [-0.15, -0.1) is 0 Å². The number of carbonyl (C=O) groups is 2. The Labute approximate surface area is 119 Å². The molecule has 0 aromatic rings. The van der Waals surface area contributed by atoms with Gasteiger partial charge in [-0.1, -0.05) is 6.92 Å². The zero-order chi connectivity index (χ0) is 14.6. The van der Waals surface area contributed by atoms with Gasteiger partial charge in [0, 0.05) is 19.6 Å². The Morgan fingerprint density at radius 3 is 2.60 bits per heavy atom. The average molecular weight is 284 g/mol. The van der Waals surface area contributed by atoms with Crippen molar-refractivity contribution >= 4 is 11.9 Å². The van der Waals surface area contributed by atoms with Gasteiger partial charge in [0.2, 0.25) is 0 Å². The van der Waals surface area contributed by atoms with Crippen LogP contribution >= 0.6 is 0 Å². The molecule has 0 aliphatic carbocycles. The lowest BCUT2D eigenvalue weighted by Gasteiger charge is -2.36. The maximum atomic E-state index is 12.5. The van der Waals surface area contributed by atoms with Crippen molar-refractivity contribution in [3.8, 4) is 0 Å². The molecule has 114 valence electrons. The number of nitrogens with zero attached hydrogens (tertiary/aromatic N) is 2. The van der Waals surface area contributed by atoms with E-state index < -0.39 is 5.54 Å². The summed E-state index contributed by atoms with van der Waals surface area (Å²) in [5.41, 5.74) is 4.64. The van der Waals surface area contributed by atoms with E-state index in [1.807, 2.05) is 0 Å². The number of amides is 3. The van der Waals surface area contributed by atoms with Crippen molar-refractivity contribution in [2.75, 3.05) is 45.9 Å². The lowest BCUT2D eigenvalue weighted by molar-refractivity contribution is -0.133. The molecule has 7 heteroatoms. The second-order valence-electron chi connectivity index (χ2n) is 5.30. The number of likely N-dealkylation sites (tertiary alicyclic amines) is 1.